The van der Waals surface area contributed by atoms with Crippen LogP contribution in [-0.4, -0.2) is 28.6 Å². The first-order valence-electron chi connectivity index (χ1n) is 7.12. The third-order valence-corrected chi connectivity index (χ3v) is 4.68. The van der Waals surface area contributed by atoms with Crippen LogP contribution in [0.1, 0.15) is 34.6 Å². The molecule has 0 radical (unpaired) electrons. The Kier molecular flexibility index (Phi) is 4.07. The first-order chi connectivity index (χ1) is 10.2. The minimum Gasteiger partial charge on any atom is -0.462 e. The van der Waals surface area contributed by atoms with Crippen molar-refractivity contribution in [3.63, 3.8) is 0 Å². The average molecular weight is 306 g/mol. The van der Waals surface area contributed by atoms with Gasteiger partial charge in [0.15, 0.2) is 10.8 Å². The number of hydrogen-bond donors (Lipinski definition) is 2. The average Bonchev–Trinajstić information content (AvgIpc) is 3.01. The SMILES string of the molecule is Cc1sc(-c2ccco2)nc1C(=O)NC(CCO)C1CC1. The quantitative estimate of drug-likeness (QED) is 0.860. The Morgan fingerprint density at radius 2 is 2.43 bits per heavy atom. The van der Waals surface area contributed by atoms with E-state index in [4.69, 9.17) is 9.52 Å². The van der Waals surface area contributed by atoms with Crippen molar-refractivity contribution in [2.24, 2.45) is 5.92 Å². The predicted molar refractivity (Wildman–Crippen MR) is 80.2 cm³/mol. The van der Waals surface area contributed by atoms with E-state index < -0.39 is 0 Å². The van der Waals surface area contributed by atoms with Crippen LogP contribution in [0.15, 0.2) is 22.8 Å². The lowest BCUT2D eigenvalue weighted by atomic mass is 10.1. The fraction of sp³-hybridized carbons (Fsp3) is 0.467. The van der Waals surface area contributed by atoms with E-state index in [9.17, 15) is 4.79 Å². The summed E-state index contributed by atoms with van der Waals surface area (Å²) in [6, 6.07) is 3.69. The van der Waals surface area contributed by atoms with Crippen LogP contribution in [0.5, 0.6) is 0 Å². The molecule has 112 valence electrons. The highest BCUT2D eigenvalue weighted by molar-refractivity contribution is 7.15. The summed E-state index contributed by atoms with van der Waals surface area (Å²) in [7, 11) is 0. The van der Waals surface area contributed by atoms with Crippen LogP contribution < -0.4 is 5.32 Å². The van der Waals surface area contributed by atoms with E-state index in [-0.39, 0.29) is 18.6 Å². The molecule has 0 bridgehead atoms. The zero-order valence-electron chi connectivity index (χ0n) is 11.8. The molecule has 2 aromatic heterocycles. The minimum atomic E-state index is -0.160. The molecule has 3 rings (SSSR count). The number of nitrogens with one attached hydrogen (secondary N) is 1. The van der Waals surface area contributed by atoms with Gasteiger partial charge in [0.05, 0.1) is 6.26 Å². The van der Waals surface area contributed by atoms with E-state index >= 15 is 0 Å². The van der Waals surface area contributed by atoms with E-state index in [1.165, 1.54) is 11.3 Å². The monoisotopic (exact) mass is 306 g/mol. The highest BCUT2D eigenvalue weighted by Gasteiger charge is 2.32. The topological polar surface area (TPSA) is 75.4 Å². The molecule has 1 aliphatic carbocycles. The number of rotatable bonds is 6. The summed E-state index contributed by atoms with van der Waals surface area (Å²) < 4.78 is 5.32. The minimum absolute atomic E-state index is 0.0515. The number of carbonyl (C=O) groups is 1. The summed E-state index contributed by atoms with van der Waals surface area (Å²) in [6.07, 6.45) is 4.44. The maximum atomic E-state index is 12.4. The standard InChI is InChI=1S/C15H18N2O3S/c1-9-13(17-15(21-9)12-3-2-8-20-12)14(19)16-11(6-7-18)10-4-5-10/h2-3,8,10-11,18H,4-7H2,1H3,(H,16,19). The van der Waals surface area contributed by atoms with Crippen LogP contribution in [0, 0.1) is 12.8 Å². The summed E-state index contributed by atoms with van der Waals surface area (Å²) in [6.45, 7) is 1.98. The molecule has 6 heteroatoms. The van der Waals surface area contributed by atoms with Gasteiger partial charge < -0.3 is 14.8 Å². The Labute approximate surface area is 127 Å². The first-order valence-corrected chi connectivity index (χ1v) is 7.93. The number of aliphatic hydroxyl groups excluding tert-OH is 1. The molecule has 0 saturated heterocycles. The molecule has 5 nitrogen and oxygen atoms in total. The van der Waals surface area contributed by atoms with E-state index in [1.54, 1.807) is 12.3 Å². The van der Waals surface area contributed by atoms with Gasteiger partial charge in [-0.15, -0.1) is 11.3 Å². The number of carbonyl (C=O) groups excluding carboxylic acids is 1. The second-order valence-corrected chi connectivity index (χ2v) is 6.53. The molecular weight excluding hydrogens is 288 g/mol. The molecule has 1 amide bonds. The van der Waals surface area contributed by atoms with Crippen molar-refractivity contribution in [3.8, 4) is 10.8 Å². The highest BCUT2D eigenvalue weighted by Crippen LogP contribution is 2.34. The molecule has 1 unspecified atom stereocenters. The van der Waals surface area contributed by atoms with Crippen molar-refractivity contribution in [2.75, 3.05) is 6.61 Å². The molecule has 0 spiro atoms. The summed E-state index contributed by atoms with van der Waals surface area (Å²) >= 11 is 1.45. The van der Waals surface area contributed by atoms with E-state index in [0.717, 1.165) is 17.7 Å². The zero-order chi connectivity index (χ0) is 14.8. The van der Waals surface area contributed by atoms with Gasteiger partial charge in [0.25, 0.3) is 5.91 Å². The molecular formula is C15H18N2O3S. The highest BCUT2D eigenvalue weighted by atomic mass is 32.1. The Hall–Kier alpha value is -1.66. The Morgan fingerprint density at radius 1 is 1.62 bits per heavy atom. The van der Waals surface area contributed by atoms with Gasteiger partial charge in [-0.05, 0) is 44.2 Å². The third kappa shape index (κ3) is 3.16. The Morgan fingerprint density at radius 3 is 3.05 bits per heavy atom. The molecule has 2 heterocycles. The summed E-state index contributed by atoms with van der Waals surface area (Å²) in [5.41, 5.74) is 0.454. The van der Waals surface area contributed by atoms with Gasteiger partial charge in [-0.3, -0.25) is 4.79 Å². The second kappa shape index (κ2) is 5.99. The van der Waals surface area contributed by atoms with Gasteiger partial charge >= 0.3 is 0 Å². The van der Waals surface area contributed by atoms with E-state index in [2.05, 4.69) is 10.3 Å². The number of amides is 1. The van der Waals surface area contributed by atoms with Gasteiger partial charge in [-0.25, -0.2) is 4.98 Å². The molecule has 0 aromatic carbocycles. The van der Waals surface area contributed by atoms with Crippen LogP contribution >= 0.6 is 11.3 Å². The number of aromatic nitrogens is 1. The molecule has 1 fully saturated rings. The Balaban J connectivity index is 1.75. The number of furan rings is 1. The number of thiazole rings is 1. The maximum absolute atomic E-state index is 12.4. The van der Waals surface area contributed by atoms with Gasteiger partial charge in [-0.1, -0.05) is 0 Å². The number of aryl methyl sites for hydroxylation is 1. The largest absolute Gasteiger partial charge is 0.462 e. The Bertz CT molecular complexity index is 617. The van der Waals surface area contributed by atoms with Crippen molar-refractivity contribution >= 4 is 17.2 Å². The molecule has 1 aliphatic rings. The van der Waals surface area contributed by atoms with Gasteiger partial charge in [0.1, 0.15) is 5.69 Å². The van der Waals surface area contributed by atoms with Crippen LogP contribution in [-0.2, 0) is 0 Å². The van der Waals surface area contributed by atoms with Crippen molar-refractivity contribution in [1.82, 2.24) is 10.3 Å². The van der Waals surface area contributed by atoms with Crippen molar-refractivity contribution < 1.29 is 14.3 Å². The number of aliphatic hydroxyl groups is 1. The van der Waals surface area contributed by atoms with Crippen LogP contribution in [0.2, 0.25) is 0 Å². The normalized spacial score (nSPS) is 15.9. The fourth-order valence-corrected chi connectivity index (χ4v) is 3.29. The van der Waals surface area contributed by atoms with Gasteiger partial charge in [0.2, 0.25) is 0 Å². The predicted octanol–water partition coefficient (Wildman–Crippen LogP) is 2.60. The van der Waals surface area contributed by atoms with Crippen molar-refractivity contribution in [3.05, 3.63) is 29.0 Å². The first kappa shape index (κ1) is 14.3. The zero-order valence-corrected chi connectivity index (χ0v) is 12.7. The number of hydrogen-bond acceptors (Lipinski definition) is 5. The van der Waals surface area contributed by atoms with Crippen LogP contribution in [0.4, 0.5) is 0 Å². The lowest BCUT2D eigenvalue weighted by molar-refractivity contribution is 0.0919. The summed E-state index contributed by atoms with van der Waals surface area (Å²) in [5, 5.41) is 12.8. The smallest absolute Gasteiger partial charge is 0.271 e. The molecule has 2 N–H and O–H groups in total. The lowest BCUT2D eigenvalue weighted by Crippen LogP contribution is -2.37. The number of nitrogens with zero attached hydrogens (tertiary/aromatic N) is 1. The fourth-order valence-electron chi connectivity index (χ4n) is 2.41. The van der Waals surface area contributed by atoms with E-state index in [0.29, 0.717) is 28.8 Å². The van der Waals surface area contributed by atoms with E-state index in [1.807, 2.05) is 13.0 Å². The third-order valence-electron chi connectivity index (χ3n) is 3.69. The maximum Gasteiger partial charge on any atom is 0.271 e. The van der Waals surface area contributed by atoms with Gasteiger partial charge in [0, 0.05) is 17.5 Å². The van der Waals surface area contributed by atoms with Crippen molar-refractivity contribution in [2.45, 2.75) is 32.2 Å². The molecule has 0 aliphatic heterocycles. The molecule has 1 atom stereocenters. The lowest BCUT2D eigenvalue weighted by Gasteiger charge is -2.16. The molecule has 1 saturated carbocycles. The summed E-state index contributed by atoms with van der Waals surface area (Å²) in [4.78, 5) is 17.7. The van der Waals surface area contributed by atoms with Crippen molar-refractivity contribution in [1.29, 1.82) is 0 Å². The van der Waals surface area contributed by atoms with Crippen LogP contribution in [0.3, 0.4) is 0 Å². The summed E-state index contributed by atoms with van der Waals surface area (Å²) in [5.74, 6) is 1.02. The van der Waals surface area contributed by atoms with Gasteiger partial charge in [-0.2, -0.15) is 0 Å². The molecule has 21 heavy (non-hydrogen) atoms. The second-order valence-electron chi connectivity index (χ2n) is 5.33. The van der Waals surface area contributed by atoms with Crippen LogP contribution in [0.25, 0.3) is 10.8 Å². The molecule has 2 aromatic rings.